The van der Waals surface area contributed by atoms with Crippen LogP contribution in [0, 0.1) is 0 Å². The molecule has 3 aromatic carbocycles. The van der Waals surface area contributed by atoms with Crippen LogP contribution in [0.25, 0.3) is 6.08 Å². The fraction of sp³-hybridized carbons (Fsp3) is 0.115. The molecule has 35 heavy (non-hydrogen) atoms. The van der Waals surface area contributed by atoms with Gasteiger partial charge in [-0.15, -0.1) is 0 Å². The van der Waals surface area contributed by atoms with Crippen LogP contribution in [0.2, 0.25) is 10.0 Å². The van der Waals surface area contributed by atoms with Crippen LogP contribution in [0.5, 0.6) is 5.75 Å². The number of fused-ring (bicyclic) bond motifs is 1. The number of carbonyl (C=O) groups excluding carboxylic acids is 2. The second-order valence-corrected chi connectivity index (χ2v) is 9.40. The van der Waals surface area contributed by atoms with E-state index >= 15 is 0 Å². The molecule has 5 rings (SSSR count). The predicted molar refractivity (Wildman–Crippen MR) is 142 cm³/mol. The van der Waals surface area contributed by atoms with Crippen molar-refractivity contribution in [2.75, 3.05) is 16.9 Å². The highest BCUT2D eigenvalue weighted by molar-refractivity contribution is 7.80. The SMILES string of the molecule is COc1cc(N2Cc3ccccc3C2)ccc1C=C1C(=O)NC(=S)N(c2cc(Cl)cc(Cl)c2)C1=O. The Morgan fingerprint density at radius 1 is 0.943 bits per heavy atom. The highest BCUT2D eigenvalue weighted by Gasteiger charge is 2.35. The minimum Gasteiger partial charge on any atom is -0.496 e. The summed E-state index contributed by atoms with van der Waals surface area (Å²) in [5.74, 6) is -0.638. The molecule has 2 aliphatic rings. The van der Waals surface area contributed by atoms with Gasteiger partial charge in [-0.25, -0.2) is 0 Å². The summed E-state index contributed by atoms with van der Waals surface area (Å²) in [6.45, 7) is 1.60. The molecule has 3 aromatic rings. The van der Waals surface area contributed by atoms with E-state index in [-0.39, 0.29) is 10.7 Å². The van der Waals surface area contributed by atoms with Crippen LogP contribution >= 0.6 is 35.4 Å². The fourth-order valence-corrected chi connectivity index (χ4v) is 5.04. The molecular formula is C26H19Cl2N3O3S. The van der Waals surface area contributed by atoms with Crippen molar-refractivity contribution in [2.45, 2.75) is 13.1 Å². The summed E-state index contributed by atoms with van der Waals surface area (Å²) in [7, 11) is 1.55. The van der Waals surface area contributed by atoms with E-state index in [1.165, 1.54) is 22.1 Å². The van der Waals surface area contributed by atoms with Crippen LogP contribution < -0.4 is 19.9 Å². The van der Waals surface area contributed by atoms with Crippen molar-refractivity contribution in [3.63, 3.8) is 0 Å². The van der Waals surface area contributed by atoms with E-state index in [4.69, 9.17) is 40.2 Å². The average molecular weight is 524 g/mol. The maximum absolute atomic E-state index is 13.3. The first-order valence-electron chi connectivity index (χ1n) is 10.7. The molecule has 1 fully saturated rings. The zero-order chi connectivity index (χ0) is 24.7. The number of benzene rings is 3. The number of anilines is 2. The van der Waals surface area contributed by atoms with E-state index in [1.807, 2.05) is 30.3 Å². The molecule has 0 spiro atoms. The van der Waals surface area contributed by atoms with Gasteiger partial charge in [-0.2, -0.15) is 0 Å². The van der Waals surface area contributed by atoms with Gasteiger partial charge >= 0.3 is 0 Å². The van der Waals surface area contributed by atoms with Crippen LogP contribution in [0.4, 0.5) is 11.4 Å². The first-order chi connectivity index (χ1) is 16.8. The van der Waals surface area contributed by atoms with Gasteiger partial charge < -0.3 is 9.64 Å². The topological polar surface area (TPSA) is 61.9 Å². The Morgan fingerprint density at radius 3 is 2.23 bits per heavy atom. The predicted octanol–water partition coefficient (Wildman–Crippen LogP) is 5.35. The van der Waals surface area contributed by atoms with Crippen LogP contribution in [0.3, 0.4) is 0 Å². The molecule has 0 atom stereocenters. The van der Waals surface area contributed by atoms with Crippen molar-refractivity contribution in [1.29, 1.82) is 0 Å². The third kappa shape index (κ3) is 4.50. The Balaban J connectivity index is 1.47. The van der Waals surface area contributed by atoms with Gasteiger partial charge in [0.15, 0.2) is 5.11 Å². The number of halogens is 2. The van der Waals surface area contributed by atoms with E-state index < -0.39 is 11.8 Å². The molecule has 9 heteroatoms. The van der Waals surface area contributed by atoms with Gasteiger partial charge in [-0.05, 0) is 59.8 Å². The minimum atomic E-state index is -0.592. The van der Waals surface area contributed by atoms with Gasteiger partial charge in [0.25, 0.3) is 11.8 Å². The van der Waals surface area contributed by atoms with Crippen molar-refractivity contribution in [3.8, 4) is 5.75 Å². The molecule has 0 unspecified atom stereocenters. The van der Waals surface area contributed by atoms with E-state index in [0.717, 1.165) is 18.8 Å². The molecule has 0 aliphatic carbocycles. The first-order valence-corrected chi connectivity index (χ1v) is 11.9. The zero-order valence-electron chi connectivity index (χ0n) is 18.5. The number of nitrogens with one attached hydrogen (secondary N) is 1. The maximum Gasteiger partial charge on any atom is 0.270 e. The fourth-order valence-electron chi connectivity index (χ4n) is 4.25. The summed E-state index contributed by atoms with van der Waals surface area (Å²) in [6.07, 6.45) is 1.50. The van der Waals surface area contributed by atoms with Crippen LogP contribution in [0.1, 0.15) is 16.7 Å². The molecule has 1 saturated heterocycles. The quantitative estimate of drug-likeness (QED) is 0.283. The second kappa shape index (κ2) is 9.34. The van der Waals surface area contributed by atoms with Gasteiger partial charge in [0.05, 0.1) is 12.8 Å². The average Bonchev–Trinajstić information content (AvgIpc) is 3.25. The number of methoxy groups -OCH3 is 1. The molecule has 2 amide bonds. The van der Waals surface area contributed by atoms with Crippen LogP contribution in [-0.4, -0.2) is 24.0 Å². The van der Waals surface area contributed by atoms with Crippen molar-refractivity contribution >= 4 is 69.8 Å². The number of carbonyl (C=O) groups is 2. The Hall–Kier alpha value is -3.39. The third-order valence-electron chi connectivity index (χ3n) is 5.93. The van der Waals surface area contributed by atoms with E-state index in [9.17, 15) is 9.59 Å². The molecule has 1 N–H and O–H groups in total. The number of thiocarbonyl (C=S) groups is 1. The number of nitrogens with zero attached hydrogens (tertiary/aromatic N) is 2. The largest absolute Gasteiger partial charge is 0.496 e. The first kappa shape index (κ1) is 23.4. The molecule has 2 aliphatic heterocycles. The summed E-state index contributed by atoms with van der Waals surface area (Å²) < 4.78 is 5.61. The van der Waals surface area contributed by atoms with E-state index in [1.54, 1.807) is 25.3 Å². The summed E-state index contributed by atoms with van der Waals surface area (Å²) in [6, 6.07) is 18.7. The highest BCUT2D eigenvalue weighted by Crippen LogP contribution is 2.34. The van der Waals surface area contributed by atoms with Crippen molar-refractivity contribution in [2.24, 2.45) is 0 Å². The lowest BCUT2D eigenvalue weighted by atomic mass is 10.1. The molecule has 6 nitrogen and oxygen atoms in total. The van der Waals surface area contributed by atoms with E-state index in [0.29, 0.717) is 27.0 Å². The molecule has 0 radical (unpaired) electrons. The molecule has 0 saturated carbocycles. The van der Waals surface area contributed by atoms with Crippen molar-refractivity contribution in [3.05, 3.63) is 93.0 Å². The molecule has 176 valence electrons. The number of ether oxygens (including phenoxy) is 1. The van der Waals surface area contributed by atoms with Gasteiger partial charge in [0.2, 0.25) is 0 Å². The smallest absolute Gasteiger partial charge is 0.270 e. The lowest BCUT2D eigenvalue weighted by molar-refractivity contribution is -0.122. The van der Waals surface area contributed by atoms with Gasteiger partial charge in [0.1, 0.15) is 11.3 Å². The second-order valence-electron chi connectivity index (χ2n) is 8.14. The van der Waals surface area contributed by atoms with Gasteiger partial charge in [-0.1, -0.05) is 47.5 Å². The normalized spacial score (nSPS) is 16.5. The Kier molecular flexibility index (Phi) is 6.23. The molecule has 0 aromatic heterocycles. The lowest BCUT2D eigenvalue weighted by Crippen LogP contribution is -2.54. The Morgan fingerprint density at radius 2 is 1.60 bits per heavy atom. The number of hydrogen-bond donors (Lipinski definition) is 1. The number of hydrogen-bond acceptors (Lipinski definition) is 5. The molecular weight excluding hydrogens is 505 g/mol. The minimum absolute atomic E-state index is 0.0496. The maximum atomic E-state index is 13.3. The zero-order valence-corrected chi connectivity index (χ0v) is 20.9. The summed E-state index contributed by atoms with van der Waals surface area (Å²) in [4.78, 5) is 29.5. The monoisotopic (exact) mass is 523 g/mol. The number of amides is 2. The lowest BCUT2D eigenvalue weighted by Gasteiger charge is -2.29. The van der Waals surface area contributed by atoms with Crippen LogP contribution in [0.15, 0.2) is 66.2 Å². The van der Waals surface area contributed by atoms with Crippen molar-refractivity contribution < 1.29 is 14.3 Å². The van der Waals surface area contributed by atoms with E-state index in [2.05, 4.69) is 22.3 Å². The highest BCUT2D eigenvalue weighted by atomic mass is 35.5. The molecule has 0 bridgehead atoms. The third-order valence-corrected chi connectivity index (χ3v) is 6.65. The van der Waals surface area contributed by atoms with Gasteiger partial charge in [-0.3, -0.25) is 19.8 Å². The Labute approximate surface area is 217 Å². The summed E-state index contributed by atoms with van der Waals surface area (Å²) in [5.41, 5.74) is 4.42. The summed E-state index contributed by atoms with van der Waals surface area (Å²) in [5, 5.41) is 3.20. The number of rotatable bonds is 4. The summed E-state index contributed by atoms with van der Waals surface area (Å²) >= 11 is 17.5. The standard InChI is InChI=1S/C26H19Cl2N3O3S/c1-34-23-12-20(30-13-16-4-2-3-5-17(16)14-30)7-6-15(23)8-22-24(32)29-26(35)31(25(22)33)21-10-18(27)9-19(28)11-21/h2-12H,13-14H2,1H3,(H,29,32,35). The van der Waals surface area contributed by atoms with Gasteiger partial charge in [0, 0.05) is 40.5 Å². The molecule has 2 heterocycles. The Bertz CT molecular complexity index is 1380. The van der Waals surface area contributed by atoms with Crippen LogP contribution in [-0.2, 0) is 22.7 Å². The van der Waals surface area contributed by atoms with Crippen molar-refractivity contribution in [1.82, 2.24) is 5.32 Å².